The molecule has 3 heterocycles. The minimum Gasteiger partial charge on any atom is -0.349 e. The molecule has 0 radical (unpaired) electrons. The Morgan fingerprint density at radius 3 is 2.67 bits per heavy atom. The number of fused-ring (bicyclic) bond motifs is 1. The van der Waals surface area contributed by atoms with Gasteiger partial charge in [0.2, 0.25) is 15.9 Å². The Morgan fingerprint density at radius 1 is 1.29 bits per heavy atom. The maximum Gasteiger partial charge on any atom is 0.237 e. The van der Waals surface area contributed by atoms with Crippen molar-refractivity contribution in [1.29, 1.82) is 0 Å². The average Bonchev–Trinajstić information content (AvgIpc) is 3.19. The summed E-state index contributed by atoms with van der Waals surface area (Å²) in [6.45, 7) is 5.58. The van der Waals surface area contributed by atoms with Gasteiger partial charge in [-0.1, -0.05) is 0 Å². The van der Waals surface area contributed by atoms with Crippen LogP contribution in [0.1, 0.15) is 31.2 Å². The van der Waals surface area contributed by atoms with Crippen molar-refractivity contribution < 1.29 is 13.2 Å². The van der Waals surface area contributed by atoms with Crippen molar-refractivity contribution >= 4 is 15.9 Å². The van der Waals surface area contributed by atoms with Gasteiger partial charge in [-0.25, -0.2) is 8.42 Å². The van der Waals surface area contributed by atoms with Crippen LogP contribution in [0, 0.1) is 0 Å². The molecule has 9 heteroatoms. The molecule has 3 rings (SSSR count). The fourth-order valence-corrected chi connectivity index (χ4v) is 4.07. The maximum atomic E-state index is 12.3. The molecule has 1 fully saturated rings. The predicted octanol–water partition coefficient (Wildman–Crippen LogP) is -0.241. The number of aromatic nitrogens is 2. The molecule has 0 spiro atoms. The maximum absolute atomic E-state index is 12.3. The Hall–Kier alpha value is -1.45. The monoisotopic (exact) mass is 355 g/mol. The van der Waals surface area contributed by atoms with Crippen LogP contribution in [-0.2, 0) is 34.5 Å². The van der Waals surface area contributed by atoms with Crippen LogP contribution in [0.15, 0.2) is 6.07 Å². The molecule has 8 nitrogen and oxygen atoms in total. The molecule has 1 N–H and O–H groups in total. The second kappa shape index (κ2) is 6.81. The molecule has 0 saturated carbocycles. The highest BCUT2D eigenvalue weighted by Gasteiger charge is 2.26. The van der Waals surface area contributed by atoms with E-state index < -0.39 is 10.0 Å². The van der Waals surface area contributed by atoms with Crippen molar-refractivity contribution in [3.8, 4) is 0 Å². The Balaban J connectivity index is 1.57. The number of hydrogen-bond donors (Lipinski definition) is 1. The Kier molecular flexibility index (Phi) is 4.93. The van der Waals surface area contributed by atoms with Gasteiger partial charge in [-0.3, -0.25) is 14.4 Å². The fraction of sp³-hybridized carbons (Fsp3) is 0.733. The first kappa shape index (κ1) is 17.4. The van der Waals surface area contributed by atoms with Crippen LogP contribution in [0.4, 0.5) is 0 Å². The van der Waals surface area contributed by atoms with E-state index in [1.807, 2.05) is 17.7 Å². The smallest absolute Gasteiger partial charge is 0.237 e. The van der Waals surface area contributed by atoms with E-state index in [9.17, 15) is 13.2 Å². The van der Waals surface area contributed by atoms with Gasteiger partial charge in [0.15, 0.2) is 0 Å². The average molecular weight is 355 g/mol. The lowest BCUT2D eigenvalue weighted by atomic mass is 10.2. The standard InChI is InChI=1S/C15H25N5O3S/c1-12(18-5-3-4-6-18)15(21)16-10-13-9-14-11-19(24(2,22)23)7-8-20(14)17-13/h9,12H,3-8,10-11H2,1-2H3,(H,16,21). The lowest BCUT2D eigenvalue weighted by molar-refractivity contribution is -0.125. The van der Waals surface area contributed by atoms with Crippen LogP contribution < -0.4 is 5.32 Å². The van der Waals surface area contributed by atoms with Crippen molar-refractivity contribution in [2.24, 2.45) is 0 Å². The van der Waals surface area contributed by atoms with Crippen LogP contribution in [0.3, 0.4) is 0 Å². The lowest BCUT2D eigenvalue weighted by Gasteiger charge is -2.25. The molecule has 24 heavy (non-hydrogen) atoms. The van der Waals surface area contributed by atoms with E-state index in [0.29, 0.717) is 26.2 Å². The molecule has 0 aromatic carbocycles. The largest absolute Gasteiger partial charge is 0.349 e. The van der Waals surface area contributed by atoms with Crippen molar-refractivity contribution in [2.75, 3.05) is 25.9 Å². The zero-order valence-electron chi connectivity index (χ0n) is 14.2. The molecule has 0 bridgehead atoms. The third-order valence-electron chi connectivity index (χ3n) is 4.79. The van der Waals surface area contributed by atoms with Crippen LogP contribution in [0.2, 0.25) is 0 Å². The van der Waals surface area contributed by atoms with Gasteiger partial charge in [0.1, 0.15) is 0 Å². The highest BCUT2D eigenvalue weighted by atomic mass is 32.2. The van der Waals surface area contributed by atoms with Gasteiger partial charge in [-0.15, -0.1) is 0 Å². The zero-order valence-corrected chi connectivity index (χ0v) is 15.0. The highest BCUT2D eigenvalue weighted by Crippen LogP contribution is 2.16. The number of hydrogen-bond acceptors (Lipinski definition) is 5. The Labute approximate surface area is 142 Å². The van der Waals surface area contributed by atoms with Crippen molar-refractivity contribution in [2.45, 2.75) is 45.4 Å². The first-order valence-corrected chi connectivity index (χ1v) is 10.2. The first-order valence-electron chi connectivity index (χ1n) is 8.37. The lowest BCUT2D eigenvalue weighted by Crippen LogP contribution is -2.43. The van der Waals surface area contributed by atoms with Gasteiger partial charge in [0.05, 0.1) is 43.3 Å². The minimum atomic E-state index is -3.19. The summed E-state index contributed by atoms with van der Waals surface area (Å²) in [5.74, 6) is 0.0145. The Bertz CT molecular complexity index is 709. The summed E-state index contributed by atoms with van der Waals surface area (Å²) in [7, 11) is -3.19. The van der Waals surface area contributed by atoms with Gasteiger partial charge in [0.25, 0.3) is 0 Å². The third-order valence-corrected chi connectivity index (χ3v) is 6.04. The number of carbonyl (C=O) groups is 1. The second-order valence-electron chi connectivity index (χ2n) is 6.58. The topological polar surface area (TPSA) is 87.5 Å². The molecular weight excluding hydrogens is 330 g/mol. The molecule has 1 unspecified atom stereocenters. The summed E-state index contributed by atoms with van der Waals surface area (Å²) in [4.78, 5) is 14.4. The number of sulfonamides is 1. The van der Waals surface area contributed by atoms with Crippen LogP contribution in [0.25, 0.3) is 0 Å². The number of rotatable bonds is 5. The van der Waals surface area contributed by atoms with E-state index >= 15 is 0 Å². The van der Waals surface area contributed by atoms with Crippen molar-refractivity contribution in [1.82, 2.24) is 24.3 Å². The van der Waals surface area contributed by atoms with Crippen LogP contribution >= 0.6 is 0 Å². The number of amides is 1. The number of likely N-dealkylation sites (tertiary alicyclic amines) is 1. The minimum absolute atomic E-state index is 0.0145. The van der Waals surface area contributed by atoms with Gasteiger partial charge in [-0.05, 0) is 38.9 Å². The molecule has 1 saturated heterocycles. The van der Waals surface area contributed by atoms with Gasteiger partial charge < -0.3 is 5.32 Å². The number of nitrogens with zero attached hydrogens (tertiary/aromatic N) is 4. The SMILES string of the molecule is CC(C(=O)NCc1cc2n(n1)CCN(S(C)(=O)=O)C2)N1CCCC1. The predicted molar refractivity (Wildman–Crippen MR) is 89.6 cm³/mol. The summed E-state index contributed by atoms with van der Waals surface area (Å²) >= 11 is 0. The molecule has 0 aliphatic carbocycles. The normalized spacial score (nSPS) is 20.8. The van der Waals surface area contributed by atoms with E-state index in [1.165, 1.54) is 10.6 Å². The molecule has 1 aromatic rings. The van der Waals surface area contributed by atoms with E-state index in [2.05, 4.69) is 15.3 Å². The molecular formula is C15H25N5O3S. The van der Waals surface area contributed by atoms with Crippen LogP contribution in [-0.4, -0.2) is 65.2 Å². The highest BCUT2D eigenvalue weighted by molar-refractivity contribution is 7.88. The van der Waals surface area contributed by atoms with Gasteiger partial charge in [-0.2, -0.15) is 9.40 Å². The van der Waals surface area contributed by atoms with Crippen molar-refractivity contribution in [3.05, 3.63) is 17.5 Å². The quantitative estimate of drug-likeness (QED) is 0.788. The first-order chi connectivity index (χ1) is 11.3. The van der Waals surface area contributed by atoms with Crippen LogP contribution in [0.5, 0.6) is 0 Å². The summed E-state index contributed by atoms with van der Waals surface area (Å²) in [6, 6.07) is 1.75. The van der Waals surface area contributed by atoms with E-state index in [0.717, 1.165) is 37.3 Å². The molecule has 1 aromatic heterocycles. The molecule has 1 atom stereocenters. The molecule has 2 aliphatic heterocycles. The molecule has 134 valence electrons. The van der Waals surface area contributed by atoms with E-state index in [4.69, 9.17) is 0 Å². The summed E-state index contributed by atoms with van der Waals surface area (Å²) < 4.78 is 26.6. The summed E-state index contributed by atoms with van der Waals surface area (Å²) in [6.07, 6.45) is 3.53. The van der Waals surface area contributed by atoms with Crippen molar-refractivity contribution in [3.63, 3.8) is 0 Å². The molecule has 2 aliphatic rings. The zero-order chi connectivity index (χ0) is 17.3. The number of nitrogens with one attached hydrogen (secondary N) is 1. The fourth-order valence-electron chi connectivity index (χ4n) is 3.29. The van der Waals surface area contributed by atoms with Gasteiger partial charge >= 0.3 is 0 Å². The Morgan fingerprint density at radius 2 is 2.00 bits per heavy atom. The van der Waals surface area contributed by atoms with E-state index in [1.54, 1.807) is 0 Å². The third kappa shape index (κ3) is 3.79. The van der Waals surface area contributed by atoms with Gasteiger partial charge in [0, 0.05) is 6.54 Å². The second-order valence-corrected chi connectivity index (χ2v) is 8.57. The summed E-state index contributed by atoms with van der Waals surface area (Å²) in [5.41, 5.74) is 1.63. The molecule has 1 amide bonds. The number of carbonyl (C=O) groups excluding carboxylic acids is 1. The van der Waals surface area contributed by atoms with E-state index in [-0.39, 0.29) is 11.9 Å². The summed E-state index contributed by atoms with van der Waals surface area (Å²) in [5, 5.41) is 7.40.